The van der Waals surface area contributed by atoms with Crippen molar-refractivity contribution in [1.29, 1.82) is 0 Å². The van der Waals surface area contributed by atoms with Crippen molar-refractivity contribution in [3.05, 3.63) is 82.8 Å². The zero-order chi connectivity index (χ0) is 25.8. The lowest BCUT2D eigenvalue weighted by Crippen LogP contribution is -2.30. The zero-order valence-corrected chi connectivity index (χ0v) is 21.0. The molecule has 0 amide bonds. The lowest BCUT2D eigenvalue weighted by Gasteiger charge is -2.25. The highest BCUT2D eigenvalue weighted by atomic mass is 35.5. The van der Waals surface area contributed by atoms with Gasteiger partial charge in [0.1, 0.15) is 11.6 Å². The normalized spacial score (nSPS) is 14.7. The van der Waals surface area contributed by atoms with Gasteiger partial charge in [0.05, 0.1) is 23.3 Å². The van der Waals surface area contributed by atoms with E-state index >= 15 is 0 Å². The molecule has 2 aromatic carbocycles. The topological polar surface area (TPSA) is 53.9 Å². The van der Waals surface area contributed by atoms with Crippen molar-refractivity contribution in [1.82, 2.24) is 19.9 Å². The van der Waals surface area contributed by atoms with Gasteiger partial charge in [0.25, 0.3) is 0 Å². The maximum absolute atomic E-state index is 13.7. The maximum atomic E-state index is 13.7. The van der Waals surface area contributed by atoms with Crippen LogP contribution in [0.25, 0.3) is 22.2 Å². The molecule has 2 aromatic heterocycles. The number of piperidine rings is 1. The highest BCUT2D eigenvalue weighted by Crippen LogP contribution is 2.37. The molecule has 0 atom stereocenters. The summed E-state index contributed by atoms with van der Waals surface area (Å²) < 4.78 is 41.0. The largest absolute Gasteiger partial charge is 0.418 e. The molecule has 9 heteroatoms. The van der Waals surface area contributed by atoms with Crippen LogP contribution in [-0.2, 0) is 19.1 Å². The molecule has 3 heterocycles. The Morgan fingerprint density at radius 1 is 0.946 bits per heavy atom. The van der Waals surface area contributed by atoms with Crippen molar-refractivity contribution >= 4 is 28.3 Å². The second-order valence-corrected chi connectivity index (χ2v) is 9.63. The SMILES string of the molecule is FC(F)(F)c1cccnc1-c1ccc2c(NCCc3ccccc3Cl)nc(CN3CCCCC3)nc2c1. The van der Waals surface area contributed by atoms with Gasteiger partial charge in [0, 0.05) is 28.7 Å². The van der Waals surface area contributed by atoms with Gasteiger partial charge >= 0.3 is 6.18 Å². The van der Waals surface area contributed by atoms with Crippen LogP contribution in [0, 0.1) is 0 Å². The quantitative estimate of drug-likeness (QED) is 0.281. The minimum Gasteiger partial charge on any atom is -0.369 e. The van der Waals surface area contributed by atoms with Crippen LogP contribution in [0.15, 0.2) is 60.8 Å². The zero-order valence-electron chi connectivity index (χ0n) is 20.2. The summed E-state index contributed by atoms with van der Waals surface area (Å²) in [6.45, 7) is 3.16. The van der Waals surface area contributed by atoms with Gasteiger partial charge in [-0.3, -0.25) is 9.88 Å². The second kappa shape index (κ2) is 11.0. The van der Waals surface area contributed by atoms with E-state index in [1.807, 2.05) is 24.3 Å². The Balaban J connectivity index is 1.50. The summed E-state index contributed by atoms with van der Waals surface area (Å²) in [6.07, 6.45) is 1.07. The van der Waals surface area contributed by atoms with Gasteiger partial charge in [-0.1, -0.05) is 42.3 Å². The fourth-order valence-corrected chi connectivity index (χ4v) is 4.96. The molecule has 0 bridgehead atoms. The molecule has 192 valence electrons. The second-order valence-electron chi connectivity index (χ2n) is 9.22. The number of fused-ring (bicyclic) bond motifs is 1. The van der Waals surface area contributed by atoms with Crippen LogP contribution in [0.1, 0.15) is 36.2 Å². The van der Waals surface area contributed by atoms with Crippen molar-refractivity contribution in [2.45, 2.75) is 38.4 Å². The summed E-state index contributed by atoms with van der Waals surface area (Å²) in [5.74, 6) is 1.30. The summed E-state index contributed by atoms with van der Waals surface area (Å²) >= 11 is 6.31. The first-order valence-electron chi connectivity index (χ1n) is 12.4. The number of halogens is 4. The number of anilines is 1. The summed E-state index contributed by atoms with van der Waals surface area (Å²) in [4.78, 5) is 16.0. The molecule has 0 spiro atoms. The molecule has 5 nitrogen and oxygen atoms in total. The summed E-state index contributed by atoms with van der Waals surface area (Å²) in [7, 11) is 0. The molecule has 5 rings (SSSR count). The van der Waals surface area contributed by atoms with E-state index in [9.17, 15) is 13.2 Å². The molecule has 1 aliphatic rings. The lowest BCUT2D eigenvalue weighted by atomic mass is 10.0. The van der Waals surface area contributed by atoms with Gasteiger partial charge in [-0.2, -0.15) is 13.2 Å². The molecule has 0 saturated carbocycles. The van der Waals surface area contributed by atoms with Gasteiger partial charge < -0.3 is 5.32 Å². The Bertz CT molecular complexity index is 1390. The van der Waals surface area contributed by atoms with E-state index in [0.29, 0.717) is 47.3 Å². The first-order chi connectivity index (χ1) is 17.9. The molecule has 4 aromatic rings. The number of aromatic nitrogens is 3. The van der Waals surface area contributed by atoms with E-state index in [1.54, 1.807) is 18.2 Å². The lowest BCUT2D eigenvalue weighted by molar-refractivity contribution is -0.137. The van der Waals surface area contributed by atoms with Gasteiger partial charge in [-0.25, -0.2) is 9.97 Å². The Morgan fingerprint density at radius 2 is 1.76 bits per heavy atom. The van der Waals surface area contributed by atoms with Crippen LogP contribution in [-0.4, -0.2) is 39.5 Å². The average molecular weight is 526 g/mol. The highest BCUT2D eigenvalue weighted by Gasteiger charge is 2.34. The third kappa shape index (κ3) is 6.02. The smallest absolute Gasteiger partial charge is 0.369 e. The van der Waals surface area contributed by atoms with Gasteiger partial charge in [-0.05, 0) is 68.2 Å². The first-order valence-corrected chi connectivity index (χ1v) is 12.8. The van der Waals surface area contributed by atoms with Crippen molar-refractivity contribution in [2.24, 2.45) is 0 Å². The minimum atomic E-state index is -4.50. The Hall–Kier alpha value is -3.23. The van der Waals surface area contributed by atoms with Crippen LogP contribution in [0.4, 0.5) is 19.0 Å². The van der Waals surface area contributed by atoms with Crippen molar-refractivity contribution in [2.75, 3.05) is 25.0 Å². The van der Waals surface area contributed by atoms with Crippen LogP contribution in [0.3, 0.4) is 0 Å². The third-order valence-electron chi connectivity index (χ3n) is 6.59. The number of hydrogen-bond donors (Lipinski definition) is 1. The molecular weight excluding hydrogens is 499 g/mol. The fraction of sp³-hybridized carbons (Fsp3) is 0.321. The molecule has 0 radical (unpaired) electrons. The van der Waals surface area contributed by atoms with E-state index in [0.717, 1.165) is 42.9 Å². The average Bonchev–Trinajstić information content (AvgIpc) is 2.89. The highest BCUT2D eigenvalue weighted by molar-refractivity contribution is 6.31. The Labute approximate surface area is 218 Å². The number of pyridine rings is 1. The van der Waals surface area contributed by atoms with E-state index in [2.05, 4.69) is 15.2 Å². The molecule has 1 N–H and O–H groups in total. The van der Waals surface area contributed by atoms with Crippen LogP contribution >= 0.6 is 11.6 Å². The summed E-state index contributed by atoms with van der Waals surface area (Å²) in [5.41, 5.74) is 1.10. The number of nitrogens with zero attached hydrogens (tertiary/aromatic N) is 4. The molecule has 0 unspecified atom stereocenters. The standard InChI is InChI=1S/C28H27ClF3N5/c29-23-9-3-2-7-19(23)12-14-34-27-21-11-10-20(26-22(28(30,31)32)8-6-13-33-26)17-24(21)35-25(36-27)18-37-15-4-1-5-16-37/h2-3,6-11,13,17H,1,4-5,12,14-16,18H2,(H,34,35,36). The molecule has 1 saturated heterocycles. The van der Waals surface area contributed by atoms with Gasteiger partial charge in [0.15, 0.2) is 0 Å². The number of likely N-dealkylation sites (tertiary alicyclic amines) is 1. The molecular formula is C28H27ClF3N5. The maximum Gasteiger partial charge on any atom is 0.418 e. The minimum absolute atomic E-state index is 0.110. The van der Waals surface area contributed by atoms with Gasteiger partial charge in [0.2, 0.25) is 0 Å². The van der Waals surface area contributed by atoms with Gasteiger partial charge in [-0.15, -0.1) is 0 Å². The summed E-state index contributed by atoms with van der Waals surface area (Å²) in [6, 6.07) is 15.1. The van der Waals surface area contributed by atoms with Crippen LogP contribution < -0.4 is 5.32 Å². The summed E-state index contributed by atoms with van der Waals surface area (Å²) in [5, 5.41) is 4.87. The van der Waals surface area contributed by atoms with E-state index in [1.165, 1.54) is 18.7 Å². The van der Waals surface area contributed by atoms with Crippen molar-refractivity contribution in [3.8, 4) is 11.3 Å². The third-order valence-corrected chi connectivity index (χ3v) is 6.96. The molecule has 1 aliphatic heterocycles. The van der Waals surface area contributed by atoms with Crippen molar-refractivity contribution < 1.29 is 13.2 Å². The number of nitrogens with one attached hydrogen (secondary N) is 1. The molecule has 1 fully saturated rings. The number of hydrogen-bond acceptors (Lipinski definition) is 5. The van der Waals surface area contributed by atoms with Crippen molar-refractivity contribution in [3.63, 3.8) is 0 Å². The first kappa shape index (κ1) is 25.4. The van der Waals surface area contributed by atoms with E-state index in [-0.39, 0.29) is 5.69 Å². The molecule has 0 aliphatic carbocycles. The monoisotopic (exact) mass is 525 g/mol. The predicted molar refractivity (Wildman–Crippen MR) is 141 cm³/mol. The fourth-order valence-electron chi connectivity index (χ4n) is 4.73. The van der Waals surface area contributed by atoms with E-state index < -0.39 is 11.7 Å². The number of benzene rings is 2. The number of alkyl halides is 3. The molecule has 37 heavy (non-hydrogen) atoms. The number of rotatable bonds is 7. The Morgan fingerprint density at radius 3 is 2.54 bits per heavy atom. The van der Waals surface area contributed by atoms with Crippen LogP contribution in [0.2, 0.25) is 5.02 Å². The van der Waals surface area contributed by atoms with Crippen LogP contribution in [0.5, 0.6) is 0 Å². The Kier molecular flexibility index (Phi) is 7.58. The van der Waals surface area contributed by atoms with E-state index in [4.69, 9.17) is 21.6 Å². The predicted octanol–water partition coefficient (Wildman–Crippen LogP) is 7.00.